The first-order chi connectivity index (χ1) is 15.2. The van der Waals surface area contributed by atoms with Crippen LogP contribution in [0.25, 0.3) is 11.4 Å². The van der Waals surface area contributed by atoms with Gasteiger partial charge in [-0.1, -0.05) is 25.3 Å². The number of amides is 1. The lowest BCUT2D eigenvalue weighted by atomic mass is 9.94. The number of carbonyl (C=O) groups is 1. The van der Waals surface area contributed by atoms with Crippen molar-refractivity contribution in [2.24, 2.45) is 0 Å². The highest BCUT2D eigenvalue weighted by Gasteiger charge is 2.31. The molecule has 0 spiro atoms. The van der Waals surface area contributed by atoms with Gasteiger partial charge in [0, 0.05) is 37.6 Å². The molecule has 5 rings (SSSR count). The summed E-state index contributed by atoms with van der Waals surface area (Å²) >= 11 is 0. The van der Waals surface area contributed by atoms with Crippen LogP contribution in [0.3, 0.4) is 0 Å². The number of rotatable bonds is 5. The fourth-order valence-electron chi connectivity index (χ4n) is 4.55. The van der Waals surface area contributed by atoms with Crippen molar-refractivity contribution in [1.29, 1.82) is 0 Å². The third-order valence-electron chi connectivity index (χ3n) is 6.35. The molecule has 3 aromatic heterocycles. The first kappa shape index (κ1) is 19.7. The number of nitrogens with zero attached hydrogens (tertiary/aromatic N) is 6. The van der Waals surface area contributed by atoms with Gasteiger partial charge in [-0.25, -0.2) is 15.0 Å². The van der Waals surface area contributed by atoms with Gasteiger partial charge in [0.05, 0.1) is 24.3 Å². The molecule has 8 nitrogen and oxygen atoms in total. The van der Waals surface area contributed by atoms with Crippen LogP contribution in [-0.4, -0.2) is 48.4 Å². The Morgan fingerprint density at radius 2 is 2.06 bits per heavy atom. The van der Waals surface area contributed by atoms with Gasteiger partial charge in [-0.2, -0.15) is 0 Å². The zero-order chi connectivity index (χ0) is 21.2. The standard InChI is InChI=1S/C23H27N7O/c1-29(18-8-3-2-4-9-18)22(31)20-21-19-16(10-12-30(21)15-27-20)13-25-23(28-19)26-14-17-7-5-6-11-24-17/h5-7,11,13,15,18H,2-4,8-10,12,14H2,1H3,(H,25,26,28). The van der Waals surface area contributed by atoms with E-state index in [0.29, 0.717) is 24.2 Å². The number of imidazole rings is 1. The van der Waals surface area contributed by atoms with E-state index in [4.69, 9.17) is 4.98 Å². The van der Waals surface area contributed by atoms with E-state index in [9.17, 15) is 4.79 Å². The van der Waals surface area contributed by atoms with E-state index >= 15 is 0 Å². The van der Waals surface area contributed by atoms with E-state index < -0.39 is 0 Å². The molecule has 0 bridgehead atoms. The molecule has 4 heterocycles. The maximum atomic E-state index is 13.4. The highest BCUT2D eigenvalue weighted by molar-refractivity contribution is 5.98. The lowest BCUT2D eigenvalue weighted by Gasteiger charge is -2.31. The summed E-state index contributed by atoms with van der Waals surface area (Å²) in [6.45, 7) is 1.31. The summed E-state index contributed by atoms with van der Waals surface area (Å²) in [5.41, 5.74) is 4.05. The van der Waals surface area contributed by atoms with Crippen LogP contribution in [0.15, 0.2) is 36.9 Å². The fourth-order valence-corrected chi connectivity index (χ4v) is 4.55. The van der Waals surface area contributed by atoms with Crippen molar-refractivity contribution in [2.45, 2.75) is 57.7 Å². The Morgan fingerprint density at radius 3 is 2.87 bits per heavy atom. The number of hydrogen-bond acceptors (Lipinski definition) is 6. The van der Waals surface area contributed by atoms with Crippen molar-refractivity contribution >= 4 is 11.9 Å². The maximum Gasteiger partial charge on any atom is 0.274 e. The normalized spacial score (nSPS) is 15.8. The Hall–Kier alpha value is -3.29. The topological polar surface area (TPSA) is 88.8 Å². The van der Waals surface area contributed by atoms with Crippen LogP contribution in [0.5, 0.6) is 0 Å². The lowest BCUT2D eigenvalue weighted by molar-refractivity contribution is 0.0691. The van der Waals surface area contributed by atoms with Crippen molar-refractivity contribution in [3.05, 3.63) is 53.9 Å². The van der Waals surface area contributed by atoms with E-state index in [1.807, 2.05) is 40.9 Å². The first-order valence-electron chi connectivity index (χ1n) is 11.0. The number of carbonyl (C=O) groups excluding carboxylic acids is 1. The molecule has 0 aromatic carbocycles. The predicted octanol–water partition coefficient (Wildman–Crippen LogP) is 3.31. The smallest absolute Gasteiger partial charge is 0.274 e. The number of pyridine rings is 1. The van der Waals surface area contributed by atoms with Crippen molar-refractivity contribution < 1.29 is 4.79 Å². The molecule has 1 amide bonds. The van der Waals surface area contributed by atoms with Crippen LogP contribution in [0.4, 0.5) is 5.95 Å². The summed E-state index contributed by atoms with van der Waals surface area (Å²) in [5, 5.41) is 3.25. The summed E-state index contributed by atoms with van der Waals surface area (Å²) < 4.78 is 2.04. The van der Waals surface area contributed by atoms with Crippen LogP contribution in [-0.2, 0) is 19.5 Å². The summed E-state index contributed by atoms with van der Waals surface area (Å²) in [5.74, 6) is 0.508. The molecule has 0 unspecified atom stereocenters. The molecule has 0 saturated heterocycles. The van der Waals surface area contributed by atoms with E-state index in [-0.39, 0.29) is 5.91 Å². The predicted molar refractivity (Wildman–Crippen MR) is 117 cm³/mol. The summed E-state index contributed by atoms with van der Waals surface area (Å²) in [7, 11) is 1.91. The number of aromatic nitrogens is 5. The molecule has 0 atom stereocenters. The van der Waals surface area contributed by atoms with Crippen LogP contribution < -0.4 is 5.32 Å². The molecular weight excluding hydrogens is 390 g/mol. The molecule has 1 aliphatic heterocycles. The van der Waals surface area contributed by atoms with Gasteiger partial charge in [-0.05, 0) is 31.4 Å². The molecule has 1 N–H and O–H groups in total. The SMILES string of the molecule is CN(C(=O)c1ncn2c1-c1nc(NCc3ccccn3)ncc1CC2)C1CCCCC1. The Bertz CT molecular complexity index is 1070. The minimum absolute atomic E-state index is 0.0184. The maximum absolute atomic E-state index is 13.4. The second-order valence-corrected chi connectivity index (χ2v) is 8.34. The average Bonchev–Trinajstić information content (AvgIpc) is 3.27. The molecule has 2 aliphatic rings. The highest BCUT2D eigenvalue weighted by Crippen LogP contribution is 2.32. The fraction of sp³-hybridized carbons (Fsp3) is 0.435. The Kier molecular flexibility index (Phi) is 5.36. The largest absolute Gasteiger partial charge is 0.349 e. The number of fused-ring (bicyclic) bond motifs is 3. The summed E-state index contributed by atoms with van der Waals surface area (Å²) in [6, 6.07) is 6.10. The minimum atomic E-state index is -0.0184. The zero-order valence-corrected chi connectivity index (χ0v) is 17.8. The summed E-state index contributed by atoms with van der Waals surface area (Å²) in [6.07, 6.45) is 12.0. The van der Waals surface area contributed by atoms with Crippen molar-refractivity contribution in [3.63, 3.8) is 0 Å². The molecule has 160 valence electrons. The third-order valence-corrected chi connectivity index (χ3v) is 6.35. The van der Waals surface area contributed by atoms with Crippen LogP contribution in [0, 0.1) is 0 Å². The lowest BCUT2D eigenvalue weighted by Crippen LogP contribution is -2.38. The molecule has 1 saturated carbocycles. The molecular formula is C23H27N7O. The van der Waals surface area contributed by atoms with Crippen molar-refractivity contribution in [1.82, 2.24) is 29.4 Å². The van der Waals surface area contributed by atoms with Crippen LogP contribution >= 0.6 is 0 Å². The molecule has 1 aliphatic carbocycles. The Balaban J connectivity index is 1.42. The first-order valence-corrected chi connectivity index (χ1v) is 11.0. The summed E-state index contributed by atoms with van der Waals surface area (Å²) in [4.78, 5) is 33.3. The van der Waals surface area contributed by atoms with Gasteiger partial charge >= 0.3 is 0 Å². The zero-order valence-electron chi connectivity index (χ0n) is 17.8. The van der Waals surface area contributed by atoms with E-state index in [0.717, 1.165) is 48.5 Å². The van der Waals surface area contributed by atoms with Gasteiger partial charge in [-0.3, -0.25) is 9.78 Å². The number of aryl methyl sites for hydroxylation is 2. The van der Waals surface area contributed by atoms with Crippen LogP contribution in [0.1, 0.15) is 53.8 Å². The van der Waals surface area contributed by atoms with Gasteiger partial charge in [0.2, 0.25) is 5.95 Å². The van der Waals surface area contributed by atoms with Gasteiger partial charge in [0.25, 0.3) is 5.91 Å². The Labute approximate surface area is 181 Å². The second-order valence-electron chi connectivity index (χ2n) is 8.34. The second kappa shape index (κ2) is 8.45. The van der Waals surface area contributed by atoms with Crippen molar-refractivity contribution in [2.75, 3.05) is 12.4 Å². The molecule has 0 radical (unpaired) electrons. The highest BCUT2D eigenvalue weighted by atomic mass is 16.2. The van der Waals surface area contributed by atoms with E-state index in [2.05, 4.69) is 20.3 Å². The van der Waals surface area contributed by atoms with E-state index in [1.165, 1.54) is 19.3 Å². The van der Waals surface area contributed by atoms with Gasteiger partial charge < -0.3 is 14.8 Å². The van der Waals surface area contributed by atoms with Gasteiger partial charge in [-0.15, -0.1) is 0 Å². The average molecular weight is 418 g/mol. The molecule has 31 heavy (non-hydrogen) atoms. The Morgan fingerprint density at radius 1 is 1.19 bits per heavy atom. The van der Waals surface area contributed by atoms with Gasteiger partial charge in [0.15, 0.2) is 5.69 Å². The quantitative estimate of drug-likeness (QED) is 0.685. The van der Waals surface area contributed by atoms with Crippen molar-refractivity contribution in [3.8, 4) is 11.4 Å². The number of nitrogens with one attached hydrogen (secondary N) is 1. The van der Waals surface area contributed by atoms with E-state index in [1.54, 1.807) is 12.5 Å². The molecule has 3 aromatic rings. The number of hydrogen-bond donors (Lipinski definition) is 1. The molecule has 1 fully saturated rings. The minimum Gasteiger partial charge on any atom is -0.349 e. The van der Waals surface area contributed by atoms with Crippen LogP contribution in [0.2, 0.25) is 0 Å². The third kappa shape index (κ3) is 3.89. The number of anilines is 1. The van der Waals surface area contributed by atoms with Gasteiger partial charge in [0.1, 0.15) is 5.69 Å². The monoisotopic (exact) mass is 417 g/mol. The molecule has 8 heteroatoms.